The summed E-state index contributed by atoms with van der Waals surface area (Å²) in [5.74, 6) is -0.425. The van der Waals surface area contributed by atoms with Gasteiger partial charge in [-0.1, -0.05) is 14.9 Å². The van der Waals surface area contributed by atoms with Crippen LogP contribution in [0.25, 0.3) is 10.9 Å². The Bertz CT molecular complexity index is 908. The number of carbonyl (C=O) groups excluding carboxylic acids is 1. The van der Waals surface area contributed by atoms with E-state index in [0.29, 0.717) is 16.6 Å². The van der Waals surface area contributed by atoms with E-state index in [4.69, 9.17) is 4.74 Å². The van der Waals surface area contributed by atoms with E-state index < -0.39 is 10.9 Å². The van der Waals surface area contributed by atoms with E-state index in [0.717, 1.165) is 5.52 Å². The van der Waals surface area contributed by atoms with Crippen molar-refractivity contribution in [3.8, 4) is 0 Å². The number of hydrogen-bond acceptors (Lipinski definition) is 4. The number of benzene rings is 1. The molecule has 134 valence electrons. The highest BCUT2D eigenvalue weighted by atomic mass is 16.6. The lowest BCUT2D eigenvalue weighted by molar-refractivity contribution is -0.671. The molecule has 0 atom stereocenters. The zero-order valence-electron chi connectivity index (χ0n) is 13.4. The number of H-pyrrole nitrogens is 1. The Kier molecular flexibility index (Phi) is 6.38. The molecule has 7 heteroatoms. The topological polar surface area (TPSA) is 89.1 Å². The fraction of sp³-hybridized carbons (Fsp3) is 0.222. The summed E-state index contributed by atoms with van der Waals surface area (Å²) in [5, 5.41) is 11.5. The lowest BCUT2D eigenvalue weighted by Crippen LogP contribution is -2.28. The number of nitro groups is 1. The highest BCUT2D eigenvalue weighted by molar-refractivity contribution is 5.88. The molecule has 0 radical (unpaired) electrons. The largest absolute Gasteiger partial charge is 1.00 e. The Morgan fingerprint density at radius 1 is 1.32 bits per heavy atom. The molecule has 2 aromatic heterocycles. The number of nitrogens with one attached hydrogen (secondary N) is 1. The Morgan fingerprint density at radius 3 is 2.76 bits per heavy atom. The van der Waals surface area contributed by atoms with Gasteiger partial charge in [0.05, 0.1) is 10.6 Å². The molecule has 2 heterocycles. The summed E-state index contributed by atoms with van der Waals surface area (Å²) in [7, 11) is 1.82. The third-order valence-corrected chi connectivity index (χ3v) is 3.41. The van der Waals surface area contributed by atoms with Gasteiger partial charge < -0.3 is 11.1 Å². The van der Waals surface area contributed by atoms with E-state index >= 15 is 0 Å². The van der Waals surface area contributed by atoms with Crippen LogP contribution >= 0.6 is 0 Å². The Morgan fingerprint density at radius 2 is 2.08 bits per heavy atom. The maximum absolute atomic E-state index is 12.0. The number of rotatable bonds is 4. The molecule has 0 aliphatic carbocycles. The van der Waals surface area contributed by atoms with Crippen LogP contribution in [0.15, 0.2) is 48.8 Å². The number of nitro benzene ring substituents is 1. The SMILES string of the molecule is C.C.C[n+]1cccc(C(=O)OCc2cc3cc([N+](=O)[O-])ccc3[nH]2)c1.[3H-]. The van der Waals surface area contributed by atoms with Crippen molar-refractivity contribution in [2.24, 2.45) is 7.05 Å². The molecular weight excluding hydrogens is 322 g/mol. The van der Waals surface area contributed by atoms with Crippen molar-refractivity contribution >= 4 is 22.6 Å². The van der Waals surface area contributed by atoms with Gasteiger partial charge in [-0.15, -0.1) is 0 Å². The van der Waals surface area contributed by atoms with Gasteiger partial charge in [-0.05, 0) is 18.2 Å². The molecule has 0 unspecified atom stereocenters. The van der Waals surface area contributed by atoms with E-state index in [2.05, 4.69) is 4.98 Å². The summed E-state index contributed by atoms with van der Waals surface area (Å²) in [6, 6.07) is 9.72. The third-order valence-electron chi connectivity index (χ3n) is 3.41. The minimum Gasteiger partial charge on any atom is -1.00 e. The second kappa shape index (κ2) is 8.05. The van der Waals surface area contributed by atoms with Crippen molar-refractivity contribution in [2.75, 3.05) is 0 Å². The Labute approximate surface area is 147 Å². The average Bonchev–Trinajstić information content (AvgIpc) is 2.94. The summed E-state index contributed by atoms with van der Waals surface area (Å²) in [6.45, 7) is 0.0694. The molecule has 1 aromatic carbocycles. The van der Waals surface area contributed by atoms with Gasteiger partial charge in [-0.25, -0.2) is 9.36 Å². The van der Waals surface area contributed by atoms with Crippen molar-refractivity contribution in [3.63, 3.8) is 0 Å². The fourth-order valence-corrected chi connectivity index (χ4v) is 2.31. The first-order valence-corrected chi connectivity index (χ1v) is 6.91. The second-order valence-electron chi connectivity index (χ2n) is 5.16. The lowest BCUT2D eigenvalue weighted by atomic mass is 10.2. The van der Waals surface area contributed by atoms with Crippen LogP contribution in [0.3, 0.4) is 0 Å². The summed E-state index contributed by atoms with van der Waals surface area (Å²) in [5.41, 5.74) is 1.92. The molecule has 0 spiro atoms. The van der Waals surface area contributed by atoms with Crippen LogP contribution in [-0.2, 0) is 18.4 Å². The van der Waals surface area contributed by atoms with Crippen molar-refractivity contribution in [2.45, 2.75) is 21.5 Å². The molecule has 0 amide bonds. The molecule has 3 aromatic rings. The average molecular weight is 347 g/mol. The van der Waals surface area contributed by atoms with E-state index in [1.807, 2.05) is 13.2 Å². The first kappa shape index (κ1) is 19.8. The summed E-state index contributed by atoms with van der Waals surface area (Å²) in [4.78, 5) is 25.4. The summed E-state index contributed by atoms with van der Waals surface area (Å²) >= 11 is 0. The monoisotopic (exact) mass is 347 g/mol. The first-order valence-electron chi connectivity index (χ1n) is 6.91. The van der Waals surface area contributed by atoms with E-state index in [1.165, 1.54) is 12.1 Å². The molecule has 0 bridgehead atoms. The number of aromatic amines is 1. The number of esters is 1. The van der Waals surface area contributed by atoms with Crippen molar-refractivity contribution in [1.29, 1.82) is 0 Å². The number of fused-ring (bicyclic) bond motifs is 1. The molecule has 25 heavy (non-hydrogen) atoms. The number of hydrogen-bond donors (Lipinski definition) is 1. The Balaban J connectivity index is 0.00000208. The first-order chi connectivity index (χ1) is 11.0. The molecule has 0 aliphatic rings. The standard InChI is InChI=1S/C16H14N3O4.2CH4.H/c1-18-6-2-3-11(9-18)16(20)23-10-13-7-12-8-14(19(21)22)4-5-15(12)17-13;;;/h2-9,17H,10H2,1H3;2*1H4;/q+1;;;-1/i;;;1+2. The molecule has 0 fully saturated rings. The third kappa shape index (κ3) is 4.41. The maximum atomic E-state index is 12.0. The number of aryl methyl sites for hydroxylation is 1. The summed E-state index contributed by atoms with van der Waals surface area (Å²) in [6.07, 6.45) is 3.50. The van der Waals surface area contributed by atoms with Crippen molar-refractivity contribution in [3.05, 3.63) is 70.2 Å². The van der Waals surface area contributed by atoms with Crippen LogP contribution in [0, 0.1) is 10.1 Å². The van der Waals surface area contributed by atoms with Crippen LogP contribution < -0.4 is 4.57 Å². The van der Waals surface area contributed by atoms with E-state index in [-0.39, 0.29) is 28.6 Å². The van der Waals surface area contributed by atoms with Crippen LogP contribution in [0.4, 0.5) is 5.69 Å². The van der Waals surface area contributed by atoms with Crippen LogP contribution in [0.5, 0.6) is 0 Å². The second-order valence-corrected chi connectivity index (χ2v) is 5.16. The fourth-order valence-electron chi connectivity index (χ4n) is 2.31. The van der Waals surface area contributed by atoms with Gasteiger partial charge in [0.25, 0.3) is 5.69 Å². The van der Waals surface area contributed by atoms with Crippen molar-refractivity contribution in [1.82, 2.24) is 4.98 Å². The number of pyridine rings is 1. The van der Waals surface area contributed by atoms with Gasteiger partial charge in [0.15, 0.2) is 12.4 Å². The number of ether oxygens (including phenoxy) is 1. The normalized spacial score (nSPS) is 9.80. The van der Waals surface area contributed by atoms with Gasteiger partial charge >= 0.3 is 5.97 Å². The van der Waals surface area contributed by atoms with Gasteiger partial charge in [0.2, 0.25) is 0 Å². The predicted octanol–water partition coefficient (Wildman–Crippen LogP) is 3.64. The number of carbonyl (C=O) groups is 1. The predicted molar refractivity (Wildman–Crippen MR) is 96.3 cm³/mol. The van der Waals surface area contributed by atoms with Crippen LogP contribution in [0.1, 0.15) is 32.3 Å². The molecule has 3 rings (SSSR count). The van der Waals surface area contributed by atoms with Gasteiger partial charge in [0, 0.05) is 29.1 Å². The van der Waals surface area contributed by atoms with Gasteiger partial charge in [-0.2, -0.15) is 0 Å². The molecule has 0 aliphatic heterocycles. The molecule has 7 nitrogen and oxygen atoms in total. The Hall–Kier alpha value is -3.22. The minimum atomic E-state index is -0.443. The van der Waals surface area contributed by atoms with E-state index in [1.54, 1.807) is 35.0 Å². The molecule has 1 N–H and O–H groups in total. The zero-order valence-corrected chi connectivity index (χ0v) is 12.4. The van der Waals surface area contributed by atoms with Gasteiger partial charge in [0.1, 0.15) is 19.2 Å². The quantitative estimate of drug-likeness (QED) is 0.338. The number of nitrogens with zero attached hydrogens (tertiary/aromatic N) is 2. The summed E-state index contributed by atoms with van der Waals surface area (Å²) < 4.78 is 7.02. The number of non-ortho nitro benzene ring substituents is 1. The van der Waals surface area contributed by atoms with E-state index in [9.17, 15) is 14.9 Å². The minimum absolute atomic E-state index is 0. The van der Waals surface area contributed by atoms with Crippen LogP contribution in [0.2, 0.25) is 0 Å². The smallest absolute Gasteiger partial charge is 0.344 e. The number of aromatic nitrogens is 2. The van der Waals surface area contributed by atoms with Crippen molar-refractivity contribution < 1.29 is 20.4 Å². The maximum Gasteiger partial charge on any atom is 0.344 e. The molecule has 0 saturated carbocycles. The molecular formula is C18H23N3O4. The van der Waals surface area contributed by atoms with Gasteiger partial charge in [-0.3, -0.25) is 10.1 Å². The highest BCUT2D eigenvalue weighted by Crippen LogP contribution is 2.22. The zero-order chi connectivity index (χ0) is 16.4. The molecule has 0 saturated heterocycles. The highest BCUT2D eigenvalue weighted by Gasteiger charge is 2.12. The lowest BCUT2D eigenvalue weighted by Gasteiger charge is -2.02. The van der Waals surface area contributed by atoms with Crippen LogP contribution in [-0.4, -0.2) is 15.9 Å².